The fraction of sp³-hybridized carbons (Fsp3) is 0.364. The molecule has 0 atom stereocenters. The molecule has 1 amide bonds. The number of rotatable bonds is 13. The minimum atomic E-state index is -0.195. The van der Waals surface area contributed by atoms with Crippen LogP contribution in [-0.4, -0.2) is 36.9 Å². The summed E-state index contributed by atoms with van der Waals surface area (Å²) in [6.07, 6.45) is 4.06. The molecule has 216 valence electrons. The molecule has 0 spiro atoms. The second-order valence-corrected chi connectivity index (χ2v) is 10.5. The first-order valence-electron chi connectivity index (χ1n) is 14.1. The van der Waals surface area contributed by atoms with Crippen LogP contribution in [0.2, 0.25) is 5.02 Å². The molecule has 41 heavy (non-hydrogen) atoms. The summed E-state index contributed by atoms with van der Waals surface area (Å²) in [5.74, 6) is 1.06. The summed E-state index contributed by atoms with van der Waals surface area (Å²) in [4.78, 5) is 37.0. The monoisotopic (exact) mass is 577 g/mol. The highest BCUT2D eigenvalue weighted by atomic mass is 35.5. The maximum Gasteiger partial charge on any atom is 0.308 e. The Morgan fingerprint density at radius 3 is 2.12 bits per heavy atom. The topological polar surface area (TPSA) is 90.9 Å². The van der Waals surface area contributed by atoms with E-state index in [0.717, 1.165) is 37.0 Å². The third kappa shape index (κ3) is 9.35. The van der Waals surface area contributed by atoms with E-state index in [1.165, 1.54) is 0 Å². The van der Waals surface area contributed by atoms with Crippen molar-refractivity contribution in [3.63, 3.8) is 0 Å². The number of Topliss-reactive ketones (excluding diaryl/α,β-unsaturated/α-hetero) is 1. The van der Waals surface area contributed by atoms with Crippen molar-refractivity contribution in [1.82, 2.24) is 5.32 Å². The Morgan fingerprint density at radius 2 is 1.46 bits per heavy atom. The molecule has 8 heteroatoms. The number of esters is 1. The Bertz CT molecular complexity index is 1280. The third-order valence-electron chi connectivity index (χ3n) is 7.07. The highest BCUT2D eigenvalue weighted by Crippen LogP contribution is 2.29. The highest BCUT2D eigenvalue weighted by Gasteiger charge is 2.28. The van der Waals surface area contributed by atoms with E-state index in [4.69, 9.17) is 25.8 Å². The first-order valence-corrected chi connectivity index (χ1v) is 14.5. The maximum atomic E-state index is 12.6. The van der Waals surface area contributed by atoms with Crippen LogP contribution in [0.5, 0.6) is 11.5 Å². The number of amides is 1. The summed E-state index contributed by atoms with van der Waals surface area (Å²) >= 11 is 5.90. The number of hydrogen-bond acceptors (Lipinski definition) is 6. The number of halogens is 1. The standard InChI is InChI=1S/C33H36ClNO6/c1-2-39-33(38)26-11-19-30(20-12-26)41-29-17-7-24(8-18-29)31(36)4-3-21-35-32(37)25-9-15-28(16-10-25)40-22-23-5-13-27(34)14-6-23/h5-10,13-18,26,30H,2-4,11-12,19-22H2,1H3,(H,35,37). The van der Waals surface area contributed by atoms with Crippen molar-refractivity contribution in [2.75, 3.05) is 13.2 Å². The van der Waals surface area contributed by atoms with Gasteiger partial charge in [0.1, 0.15) is 18.1 Å². The molecule has 1 fully saturated rings. The third-order valence-corrected chi connectivity index (χ3v) is 7.33. The summed E-state index contributed by atoms with van der Waals surface area (Å²) in [5.41, 5.74) is 2.14. The summed E-state index contributed by atoms with van der Waals surface area (Å²) in [6, 6.07) is 21.6. The van der Waals surface area contributed by atoms with Crippen LogP contribution in [0.1, 0.15) is 71.7 Å². The zero-order chi connectivity index (χ0) is 29.0. The number of benzene rings is 3. The van der Waals surface area contributed by atoms with Crippen molar-refractivity contribution in [1.29, 1.82) is 0 Å². The van der Waals surface area contributed by atoms with Crippen molar-refractivity contribution >= 4 is 29.3 Å². The van der Waals surface area contributed by atoms with E-state index in [1.54, 1.807) is 36.4 Å². The van der Waals surface area contributed by atoms with Gasteiger partial charge in [0.05, 0.1) is 18.6 Å². The minimum Gasteiger partial charge on any atom is -0.490 e. The fourth-order valence-corrected chi connectivity index (χ4v) is 4.86. The van der Waals surface area contributed by atoms with Gasteiger partial charge in [-0.25, -0.2) is 0 Å². The van der Waals surface area contributed by atoms with Crippen LogP contribution >= 0.6 is 11.6 Å². The van der Waals surface area contributed by atoms with Gasteiger partial charge in [-0.1, -0.05) is 23.7 Å². The van der Waals surface area contributed by atoms with Crippen molar-refractivity contribution in [2.45, 2.75) is 58.2 Å². The first-order chi connectivity index (χ1) is 19.9. The van der Waals surface area contributed by atoms with Gasteiger partial charge in [0.15, 0.2) is 5.78 Å². The van der Waals surface area contributed by atoms with Gasteiger partial charge in [-0.2, -0.15) is 0 Å². The molecule has 0 bridgehead atoms. The molecular formula is C33H36ClNO6. The number of carbonyl (C=O) groups is 3. The lowest BCUT2D eigenvalue weighted by molar-refractivity contribution is -0.149. The molecule has 3 aromatic carbocycles. The Morgan fingerprint density at radius 1 is 0.829 bits per heavy atom. The average molecular weight is 578 g/mol. The van der Waals surface area contributed by atoms with Gasteiger partial charge in [0.2, 0.25) is 0 Å². The smallest absolute Gasteiger partial charge is 0.308 e. The number of carbonyl (C=O) groups excluding carboxylic acids is 3. The van der Waals surface area contributed by atoms with Crippen LogP contribution in [0.3, 0.4) is 0 Å². The van der Waals surface area contributed by atoms with E-state index in [0.29, 0.717) is 54.5 Å². The van der Waals surface area contributed by atoms with Gasteiger partial charge in [-0.15, -0.1) is 0 Å². The van der Waals surface area contributed by atoms with E-state index in [9.17, 15) is 14.4 Å². The first kappa shape index (κ1) is 30.1. The Labute approximate surface area is 246 Å². The molecule has 3 aromatic rings. The normalized spacial score (nSPS) is 16.4. The molecule has 4 rings (SSSR count). The van der Waals surface area contributed by atoms with Crippen LogP contribution in [0, 0.1) is 5.92 Å². The maximum absolute atomic E-state index is 12.6. The predicted octanol–water partition coefficient (Wildman–Crippen LogP) is 6.81. The molecule has 0 aliphatic heterocycles. The zero-order valence-corrected chi connectivity index (χ0v) is 24.0. The molecular weight excluding hydrogens is 542 g/mol. The molecule has 0 aromatic heterocycles. The molecule has 0 unspecified atom stereocenters. The van der Waals surface area contributed by atoms with Crippen molar-refractivity contribution in [2.24, 2.45) is 5.92 Å². The van der Waals surface area contributed by atoms with Crippen molar-refractivity contribution in [3.05, 3.63) is 94.5 Å². The largest absolute Gasteiger partial charge is 0.490 e. The van der Waals surface area contributed by atoms with Crippen LogP contribution in [0.25, 0.3) is 0 Å². The Kier molecular flexibility index (Phi) is 11.2. The summed E-state index contributed by atoms with van der Waals surface area (Å²) in [7, 11) is 0. The Hall–Kier alpha value is -3.84. The predicted molar refractivity (Wildman–Crippen MR) is 158 cm³/mol. The summed E-state index contributed by atoms with van der Waals surface area (Å²) < 4.78 is 17.0. The Balaban J connectivity index is 1.13. The van der Waals surface area contributed by atoms with E-state index < -0.39 is 0 Å². The van der Waals surface area contributed by atoms with Gasteiger partial charge in [-0.3, -0.25) is 14.4 Å². The number of hydrogen-bond donors (Lipinski definition) is 1. The van der Waals surface area contributed by atoms with Crippen LogP contribution in [-0.2, 0) is 16.1 Å². The lowest BCUT2D eigenvalue weighted by Gasteiger charge is -2.27. The fourth-order valence-electron chi connectivity index (χ4n) is 4.74. The lowest BCUT2D eigenvalue weighted by Crippen LogP contribution is -2.29. The molecule has 7 nitrogen and oxygen atoms in total. The van der Waals surface area contributed by atoms with Gasteiger partial charge in [-0.05, 0) is 105 Å². The number of ether oxygens (including phenoxy) is 3. The van der Waals surface area contributed by atoms with E-state index in [-0.39, 0.29) is 29.7 Å². The van der Waals surface area contributed by atoms with Crippen molar-refractivity contribution in [3.8, 4) is 11.5 Å². The van der Waals surface area contributed by atoms with Gasteiger partial charge in [0, 0.05) is 29.1 Å². The van der Waals surface area contributed by atoms with Gasteiger partial charge >= 0.3 is 5.97 Å². The average Bonchev–Trinajstić information content (AvgIpc) is 3.00. The molecule has 0 radical (unpaired) electrons. The van der Waals surface area contributed by atoms with E-state index in [2.05, 4.69) is 5.32 Å². The SMILES string of the molecule is CCOC(=O)C1CCC(Oc2ccc(C(=O)CCCNC(=O)c3ccc(OCc4ccc(Cl)cc4)cc3)cc2)CC1. The summed E-state index contributed by atoms with van der Waals surface area (Å²) in [6.45, 7) is 3.04. The van der Waals surface area contributed by atoms with Crippen LogP contribution in [0.15, 0.2) is 72.8 Å². The van der Waals surface area contributed by atoms with Crippen LogP contribution in [0.4, 0.5) is 0 Å². The van der Waals surface area contributed by atoms with E-state index in [1.807, 2.05) is 43.3 Å². The number of nitrogens with one attached hydrogen (secondary N) is 1. The van der Waals surface area contributed by atoms with E-state index >= 15 is 0 Å². The van der Waals surface area contributed by atoms with Crippen molar-refractivity contribution < 1.29 is 28.6 Å². The van der Waals surface area contributed by atoms with Crippen LogP contribution < -0.4 is 14.8 Å². The highest BCUT2D eigenvalue weighted by molar-refractivity contribution is 6.30. The summed E-state index contributed by atoms with van der Waals surface area (Å²) in [5, 5.41) is 3.54. The molecule has 0 saturated heterocycles. The number of ketones is 1. The molecule has 1 saturated carbocycles. The second kappa shape index (κ2) is 15.2. The molecule has 1 aliphatic carbocycles. The zero-order valence-electron chi connectivity index (χ0n) is 23.3. The molecule has 0 heterocycles. The molecule has 1 aliphatic rings. The molecule has 1 N–H and O–H groups in total. The quantitative estimate of drug-likeness (QED) is 0.136. The minimum absolute atomic E-state index is 0.0166. The van der Waals surface area contributed by atoms with Gasteiger partial charge in [0.25, 0.3) is 5.91 Å². The second-order valence-electron chi connectivity index (χ2n) is 10.1. The lowest BCUT2D eigenvalue weighted by atomic mass is 9.87. The van der Waals surface area contributed by atoms with Gasteiger partial charge < -0.3 is 19.5 Å².